The summed E-state index contributed by atoms with van der Waals surface area (Å²) >= 11 is 11.9. The average molecular weight is 263 g/mol. The summed E-state index contributed by atoms with van der Waals surface area (Å²) < 4.78 is 5.75. The molecule has 0 aliphatic carbocycles. The highest BCUT2D eigenvalue weighted by molar-refractivity contribution is 6.31. The van der Waals surface area contributed by atoms with E-state index in [1.54, 1.807) is 0 Å². The van der Waals surface area contributed by atoms with E-state index in [0.717, 1.165) is 22.3 Å². The average Bonchev–Trinajstić information content (AvgIpc) is 2.72. The van der Waals surface area contributed by atoms with Crippen molar-refractivity contribution in [1.82, 2.24) is 0 Å². The fraction of sp³-hybridized carbons (Fsp3) is 0. The van der Waals surface area contributed by atoms with Crippen LogP contribution in [0, 0.1) is 0 Å². The number of rotatable bonds is 1. The van der Waals surface area contributed by atoms with Gasteiger partial charge in [0, 0.05) is 27.1 Å². The standard InChI is InChI=1S/C14H8Cl2O/c15-11-3-1-2-9(6-11)13-7-10-4-5-12(16)8-14(10)17-13/h1-8H. The lowest BCUT2D eigenvalue weighted by molar-refractivity contribution is 0.631. The zero-order valence-corrected chi connectivity index (χ0v) is 10.3. The third-order valence-corrected chi connectivity index (χ3v) is 3.06. The number of hydrogen-bond donors (Lipinski definition) is 0. The van der Waals surface area contributed by atoms with Gasteiger partial charge in [0.1, 0.15) is 11.3 Å². The van der Waals surface area contributed by atoms with Crippen LogP contribution < -0.4 is 0 Å². The van der Waals surface area contributed by atoms with Crippen LogP contribution in [-0.4, -0.2) is 0 Å². The zero-order valence-electron chi connectivity index (χ0n) is 8.78. The lowest BCUT2D eigenvalue weighted by Gasteiger charge is -1.96. The number of fused-ring (bicyclic) bond motifs is 1. The Balaban J connectivity index is 2.18. The molecule has 1 aromatic heterocycles. The van der Waals surface area contributed by atoms with E-state index in [9.17, 15) is 0 Å². The van der Waals surface area contributed by atoms with Crippen LogP contribution in [0.4, 0.5) is 0 Å². The molecular formula is C14H8Cl2O. The summed E-state index contributed by atoms with van der Waals surface area (Å²) in [7, 11) is 0. The van der Waals surface area contributed by atoms with Gasteiger partial charge in [-0.1, -0.05) is 35.3 Å². The van der Waals surface area contributed by atoms with E-state index in [1.807, 2.05) is 48.5 Å². The first-order valence-corrected chi connectivity index (χ1v) is 5.93. The van der Waals surface area contributed by atoms with Crippen LogP contribution in [0.2, 0.25) is 10.0 Å². The van der Waals surface area contributed by atoms with Crippen LogP contribution in [0.1, 0.15) is 0 Å². The van der Waals surface area contributed by atoms with Crippen LogP contribution in [0.5, 0.6) is 0 Å². The van der Waals surface area contributed by atoms with E-state index in [2.05, 4.69) is 0 Å². The second-order valence-corrected chi connectivity index (χ2v) is 4.68. The Morgan fingerprint density at radius 2 is 1.65 bits per heavy atom. The number of furan rings is 1. The molecule has 0 saturated carbocycles. The van der Waals surface area contributed by atoms with Gasteiger partial charge < -0.3 is 4.42 Å². The molecule has 84 valence electrons. The molecule has 0 bridgehead atoms. The lowest BCUT2D eigenvalue weighted by Crippen LogP contribution is -1.71. The predicted molar refractivity (Wildman–Crippen MR) is 71.7 cm³/mol. The minimum Gasteiger partial charge on any atom is -0.456 e. The lowest BCUT2D eigenvalue weighted by atomic mass is 10.1. The van der Waals surface area contributed by atoms with Gasteiger partial charge in [0.15, 0.2) is 0 Å². The van der Waals surface area contributed by atoms with Crippen molar-refractivity contribution in [1.29, 1.82) is 0 Å². The zero-order chi connectivity index (χ0) is 11.8. The molecule has 3 rings (SSSR count). The minimum absolute atomic E-state index is 0.671. The van der Waals surface area contributed by atoms with Crippen molar-refractivity contribution in [3.8, 4) is 11.3 Å². The van der Waals surface area contributed by atoms with Gasteiger partial charge in [-0.25, -0.2) is 0 Å². The van der Waals surface area contributed by atoms with Crippen LogP contribution in [0.15, 0.2) is 52.9 Å². The van der Waals surface area contributed by atoms with Crippen molar-refractivity contribution in [2.24, 2.45) is 0 Å². The first kappa shape index (κ1) is 10.7. The third kappa shape index (κ3) is 2.04. The van der Waals surface area contributed by atoms with E-state index in [0.29, 0.717) is 10.0 Å². The minimum atomic E-state index is 0.671. The smallest absolute Gasteiger partial charge is 0.136 e. The fourth-order valence-electron chi connectivity index (χ4n) is 1.79. The van der Waals surface area contributed by atoms with Gasteiger partial charge in [-0.2, -0.15) is 0 Å². The molecule has 0 radical (unpaired) electrons. The second kappa shape index (κ2) is 4.10. The van der Waals surface area contributed by atoms with Crippen LogP contribution >= 0.6 is 23.2 Å². The third-order valence-electron chi connectivity index (χ3n) is 2.59. The van der Waals surface area contributed by atoms with E-state index < -0.39 is 0 Å². The number of hydrogen-bond acceptors (Lipinski definition) is 1. The number of halogens is 2. The molecule has 0 atom stereocenters. The Bertz CT molecular complexity index is 686. The van der Waals surface area contributed by atoms with Gasteiger partial charge >= 0.3 is 0 Å². The van der Waals surface area contributed by atoms with Crippen LogP contribution in [-0.2, 0) is 0 Å². The molecule has 1 heterocycles. The molecule has 1 nitrogen and oxygen atoms in total. The summed E-state index contributed by atoms with van der Waals surface area (Å²) in [4.78, 5) is 0. The molecule has 0 fully saturated rings. The molecule has 0 saturated heterocycles. The molecule has 0 aliphatic rings. The van der Waals surface area contributed by atoms with Gasteiger partial charge in [-0.3, -0.25) is 0 Å². The first-order valence-electron chi connectivity index (χ1n) is 5.17. The second-order valence-electron chi connectivity index (χ2n) is 3.80. The van der Waals surface area contributed by atoms with Crippen molar-refractivity contribution in [3.63, 3.8) is 0 Å². The van der Waals surface area contributed by atoms with Crippen molar-refractivity contribution in [2.75, 3.05) is 0 Å². The largest absolute Gasteiger partial charge is 0.456 e. The van der Waals surface area contributed by atoms with Crippen molar-refractivity contribution in [2.45, 2.75) is 0 Å². The summed E-state index contributed by atoms with van der Waals surface area (Å²) in [6.07, 6.45) is 0. The van der Waals surface area contributed by atoms with Crippen molar-refractivity contribution in [3.05, 3.63) is 58.6 Å². The van der Waals surface area contributed by atoms with Gasteiger partial charge in [-0.05, 0) is 30.3 Å². The van der Waals surface area contributed by atoms with Gasteiger partial charge in [0.25, 0.3) is 0 Å². The molecule has 0 aliphatic heterocycles. The molecule has 17 heavy (non-hydrogen) atoms. The Morgan fingerprint density at radius 1 is 0.824 bits per heavy atom. The van der Waals surface area contributed by atoms with E-state index in [4.69, 9.17) is 27.6 Å². The quantitative estimate of drug-likeness (QED) is 0.572. The fourth-order valence-corrected chi connectivity index (χ4v) is 2.14. The molecule has 0 spiro atoms. The van der Waals surface area contributed by atoms with Gasteiger partial charge in [0.2, 0.25) is 0 Å². The van der Waals surface area contributed by atoms with E-state index in [1.165, 1.54) is 0 Å². The Morgan fingerprint density at radius 3 is 2.47 bits per heavy atom. The first-order chi connectivity index (χ1) is 8.22. The summed E-state index contributed by atoms with van der Waals surface area (Å²) in [6.45, 7) is 0. The summed E-state index contributed by atoms with van der Waals surface area (Å²) in [5, 5.41) is 2.40. The van der Waals surface area contributed by atoms with Crippen molar-refractivity contribution < 1.29 is 4.42 Å². The van der Waals surface area contributed by atoms with E-state index in [-0.39, 0.29) is 0 Å². The maximum absolute atomic E-state index is 5.96. The maximum Gasteiger partial charge on any atom is 0.136 e. The predicted octanol–water partition coefficient (Wildman–Crippen LogP) is 5.41. The Hall–Kier alpha value is -1.44. The maximum atomic E-state index is 5.96. The molecule has 3 aromatic rings. The SMILES string of the molecule is Clc1cccc(-c2cc3ccc(Cl)cc3o2)c1. The highest BCUT2D eigenvalue weighted by atomic mass is 35.5. The topological polar surface area (TPSA) is 13.1 Å². The van der Waals surface area contributed by atoms with Crippen LogP contribution in [0.25, 0.3) is 22.3 Å². The monoisotopic (exact) mass is 262 g/mol. The normalized spacial score (nSPS) is 10.9. The van der Waals surface area contributed by atoms with Gasteiger partial charge in [-0.15, -0.1) is 0 Å². The van der Waals surface area contributed by atoms with Gasteiger partial charge in [0.05, 0.1) is 0 Å². The summed E-state index contributed by atoms with van der Waals surface area (Å²) in [5.41, 5.74) is 1.75. The molecule has 0 unspecified atom stereocenters. The summed E-state index contributed by atoms with van der Waals surface area (Å²) in [6, 6.07) is 15.2. The highest BCUT2D eigenvalue weighted by Crippen LogP contribution is 2.30. The Labute approximate surface area is 109 Å². The molecular weight excluding hydrogens is 255 g/mol. The van der Waals surface area contributed by atoms with Crippen LogP contribution in [0.3, 0.4) is 0 Å². The molecule has 2 aromatic carbocycles. The molecule has 0 amide bonds. The highest BCUT2D eigenvalue weighted by Gasteiger charge is 2.06. The summed E-state index contributed by atoms with van der Waals surface area (Å²) in [5.74, 6) is 0.796. The van der Waals surface area contributed by atoms with E-state index >= 15 is 0 Å². The van der Waals surface area contributed by atoms with Crippen molar-refractivity contribution >= 4 is 34.2 Å². The Kier molecular flexibility index (Phi) is 2.58. The molecule has 3 heteroatoms. The number of benzene rings is 2. The molecule has 0 N–H and O–H groups in total.